The van der Waals surface area contributed by atoms with Crippen LogP contribution in [-0.2, 0) is 4.79 Å². The van der Waals surface area contributed by atoms with Gasteiger partial charge in [0.25, 0.3) is 0 Å². The van der Waals surface area contributed by atoms with Crippen LogP contribution < -0.4 is 4.74 Å². The monoisotopic (exact) mass is 359 g/mol. The molecule has 0 radical (unpaired) electrons. The molecule has 0 aliphatic carbocycles. The highest BCUT2D eigenvalue weighted by Gasteiger charge is 2.32. The number of aliphatic hydroxyl groups excluding tert-OH is 1. The van der Waals surface area contributed by atoms with E-state index < -0.39 is 18.0 Å². The standard InChI is InChI=1S/C18H14ClNO3S/c19-13-5-1-6-14(10-13)23-18(22)16(15-7-3-9-24-15)17(21)12-4-2-8-20-11-12/h1-11,16-17,21H. The Labute approximate surface area is 148 Å². The number of rotatable bonds is 5. The Bertz CT molecular complexity index is 808. The van der Waals surface area contributed by atoms with E-state index in [-0.39, 0.29) is 0 Å². The van der Waals surface area contributed by atoms with Crippen molar-refractivity contribution in [3.63, 3.8) is 0 Å². The zero-order valence-electron chi connectivity index (χ0n) is 12.5. The SMILES string of the molecule is O=C(Oc1cccc(Cl)c1)C(c1cccs1)C(O)c1cccnc1. The summed E-state index contributed by atoms with van der Waals surface area (Å²) in [5.41, 5.74) is 0.555. The van der Waals surface area contributed by atoms with E-state index in [4.69, 9.17) is 16.3 Å². The van der Waals surface area contributed by atoms with Gasteiger partial charge in [0.2, 0.25) is 0 Å². The van der Waals surface area contributed by atoms with Crippen molar-refractivity contribution in [3.8, 4) is 5.75 Å². The quantitative estimate of drug-likeness (QED) is 0.547. The van der Waals surface area contributed by atoms with Gasteiger partial charge in [-0.1, -0.05) is 29.8 Å². The number of hydrogen-bond donors (Lipinski definition) is 1. The second-order valence-corrected chi connectivity index (χ2v) is 6.52. The van der Waals surface area contributed by atoms with Gasteiger partial charge in [-0.2, -0.15) is 0 Å². The minimum Gasteiger partial charge on any atom is -0.426 e. The van der Waals surface area contributed by atoms with Crippen LogP contribution in [0.2, 0.25) is 5.02 Å². The maximum absolute atomic E-state index is 12.7. The van der Waals surface area contributed by atoms with E-state index in [9.17, 15) is 9.90 Å². The average molecular weight is 360 g/mol. The zero-order valence-corrected chi connectivity index (χ0v) is 14.1. The molecular weight excluding hydrogens is 346 g/mol. The predicted octanol–water partition coefficient (Wildman–Crippen LogP) is 4.22. The number of carbonyl (C=O) groups is 1. The van der Waals surface area contributed by atoms with Crippen molar-refractivity contribution in [1.29, 1.82) is 0 Å². The molecule has 0 saturated heterocycles. The minimum atomic E-state index is -1.05. The molecule has 0 aliphatic rings. The molecule has 3 aromatic rings. The van der Waals surface area contributed by atoms with E-state index >= 15 is 0 Å². The van der Waals surface area contributed by atoms with Crippen molar-refractivity contribution in [1.82, 2.24) is 4.98 Å². The van der Waals surface area contributed by atoms with Crippen LogP contribution in [0, 0.1) is 0 Å². The second-order valence-electron chi connectivity index (χ2n) is 5.10. The van der Waals surface area contributed by atoms with Crippen LogP contribution in [0.15, 0.2) is 66.3 Å². The molecule has 24 heavy (non-hydrogen) atoms. The van der Waals surface area contributed by atoms with Crippen molar-refractivity contribution in [2.24, 2.45) is 0 Å². The summed E-state index contributed by atoms with van der Waals surface area (Å²) < 4.78 is 5.43. The number of esters is 1. The van der Waals surface area contributed by atoms with Crippen LogP contribution in [0.5, 0.6) is 5.75 Å². The van der Waals surface area contributed by atoms with Crippen LogP contribution >= 0.6 is 22.9 Å². The summed E-state index contributed by atoms with van der Waals surface area (Å²) in [6, 6.07) is 13.7. The first kappa shape index (κ1) is 16.6. The topological polar surface area (TPSA) is 59.4 Å². The number of hydrogen-bond acceptors (Lipinski definition) is 5. The number of halogens is 1. The Kier molecular flexibility index (Phi) is 5.25. The third-order valence-corrected chi connectivity index (χ3v) is 4.65. The molecule has 0 spiro atoms. The van der Waals surface area contributed by atoms with Gasteiger partial charge < -0.3 is 9.84 Å². The molecule has 0 aliphatic heterocycles. The number of aromatic nitrogens is 1. The molecular formula is C18H14ClNO3S. The van der Waals surface area contributed by atoms with Crippen LogP contribution in [-0.4, -0.2) is 16.1 Å². The fourth-order valence-electron chi connectivity index (χ4n) is 2.32. The van der Waals surface area contributed by atoms with Crippen molar-refractivity contribution >= 4 is 28.9 Å². The Hall–Kier alpha value is -2.21. The number of benzene rings is 1. The van der Waals surface area contributed by atoms with Crippen molar-refractivity contribution in [3.05, 3.63) is 81.8 Å². The third-order valence-electron chi connectivity index (χ3n) is 3.46. The Morgan fingerprint density at radius 3 is 2.75 bits per heavy atom. The lowest BCUT2D eigenvalue weighted by atomic mass is 9.95. The molecule has 0 fully saturated rings. The fourth-order valence-corrected chi connectivity index (χ4v) is 3.35. The normalized spacial score (nSPS) is 13.2. The second kappa shape index (κ2) is 7.57. The summed E-state index contributed by atoms with van der Waals surface area (Å²) in [4.78, 5) is 17.4. The van der Waals surface area contributed by atoms with Crippen LogP contribution in [0.25, 0.3) is 0 Å². The molecule has 1 aromatic carbocycles. The summed E-state index contributed by atoms with van der Waals surface area (Å²) in [6.45, 7) is 0. The highest BCUT2D eigenvalue weighted by molar-refractivity contribution is 7.10. The minimum absolute atomic E-state index is 0.340. The van der Waals surface area contributed by atoms with Crippen molar-refractivity contribution in [2.45, 2.75) is 12.0 Å². The summed E-state index contributed by atoms with van der Waals surface area (Å²) in [6.07, 6.45) is 2.10. The van der Waals surface area contributed by atoms with Gasteiger partial charge in [0.05, 0.1) is 6.10 Å². The van der Waals surface area contributed by atoms with Crippen LogP contribution in [0.3, 0.4) is 0 Å². The van der Waals surface area contributed by atoms with Crippen molar-refractivity contribution in [2.75, 3.05) is 0 Å². The first-order chi connectivity index (χ1) is 11.6. The number of nitrogens with zero attached hydrogens (tertiary/aromatic N) is 1. The zero-order chi connectivity index (χ0) is 16.9. The van der Waals surface area contributed by atoms with E-state index in [0.717, 1.165) is 4.88 Å². The molecule has 0 saturated carbocycles. The summed E-state index contributed by atoms with van der Waals surface area (Å²) in [5.74, 6) is -1.04. The van der Waals surface area contributed by atoms with Crippen LogP contribution in [0.4, 0.5) is 0 Å². The lowest BCUT2D eigenvalue weighted by Crippen LogP contribution is -2.24. The average Bonchev–Trinajstić information content (AvgIpc) is 3.10. The number of pyridine rings is 1. The maximum Gasteiger partial charge on any atom is 0.322 e. The fraction of sp³-hybridized carbons (Fsp3) is 0.111. The van der Waals surface area contributed by atoms with E-state index in [1.807, 2.05) is 11.4 Å². The first-order valence-electron chi connectivity index (χ1n) is 7.24. The van der Waals surface area contributed by atoms with E-state index in [1.165, 1.54) is 17.5 Å². The molecule has 1 N–H and O–H groups in total. The molecule has 122 valence electrons. The molecule has 3 rings (SSSR count). The van der Waals surface area contributed by atoms with Gasteiger partial charge in [0.15, 0.2) is 0 Å². The molecule has 6 heteroatoms. The van der Waals surface area contributed by atoms with E-state index in [0.29, 0.717) is 16.3 Å². The lowest BCUT2D eigenvalue weighted by Gasteiger charge is -2.20. The van der Waals surface area contributed by atoms with Crippen LogP contribution in [0.1, 0.15) is 22.5 Å². The number of carbonyl (C=O) groups excluding carboxylic acids is 1. The summed E-state index contributed by atoms with van der Waals surface area (Å²) in [5, 5.41) is 13.0. The Balaban J connectivity index is 1.89. The molecule has 2 unspecified atom stereocenters. The Morgan fingerprint density at radius 2 is 2.08 bits per heavy atom. The largest absolute Gasteiger partial charge is 0.426 e. The number of thiophene rings is 1. The van der Waals surface area contributed by atoms with Gasteiger partial charge in [-0.25, -0.2) is 0 Å². The van der Waals surface area contributed by atoms with Gasteiger partial charge in [-0.15, -0.1) is 11.3 Å². The van der Waals surface area contributed by atoms with Gasteiger partial charge in [-0.05, 0) is 35.7 Å². The van der Waals surface area contributed by atoms with Gasteiger partial charge >= 0.3 is 5.97 Å². The molecule has 2 aromatic heterocycles. The smallest absolute Gasteiger partial charge is 0.322 e. The van der Waals surface area contributed by atoms with Gasteiger partial charge in [-0.3, -0.25) is 9.78 Å². The predicted molar refractivity (Wildman–Crippen MR) is 93.3 cm³/mol. The Morgan fingerprint density at radius 1 is 1.21 bits per heavy atom. The van der Waals surface area contributed by atoms with Gasteiger partial charge in [0, 0.05) is 27.9 Å². The van der Waals surface area contributed by atoms with Gasteiger partial charge in [0.1, 0.15) is 11.7 Å². The molecule has 4 nitrogen and oxygen atoms in total. The molecule has 0 bridgehead atoms. The molecule has 0 amide bonds. The number of ether oxygens (including phenoxy) is 1. The highest BCUT2D eigenvalue weighted by Crippen LogP contribution is 2.35. The maximum atomic E-state index is 12.7. The lowest BCUT2D eigenvalue weighted by molar-refractivity contribution is -0.138. The molecule has 2 heterocycles. The highest BCUT2D eigenvalue weighted by atomic mass is 35.5. The summed E-state index contributed by atoms with van der Waals surface area (Å²) >= 11 is 7.31. The number of aliphatic hydroxyl groups is 1. The van der Waals surface area contributed by atoms with E-state index in [2.05, 4.69) is 4.98 Å². The van der Waals surface area contributed by atoms with E-state index in [1.54, 1.807) is 48.7 Å². The van der Waals surface area contributed by atoms with Crippen molar-refractivity contribution < 1.29 is 14.6 Å². The molecule has 2 atom stereocenters. The third kappa shape index (κ3) is 3.82. The first-order valence-corrected chi connectivity index (χ1v) is 8.49. The summed E-state index contributed by atoms with van der Waals surface area (Å²) in [7, 11) is 0.